The lowest BCUT2D eigenvalue weighted by Gasteiger charge is -2.18. The lowest BCUT2D eigenvalue weighted by molar-refractivity contribution is 0.869. The van der Waals surface area contributed by atoms with Gasteiger partial charge in [-0.2, -0.15) is 0 Å². The maximum atomic E-state index is 6.57. The maximum absolute atomic E-state index is 6.57. The Hall–Kier alpha value is -1.16. The molecule has 0 aliphatic heterocycles. The van der Waals surface area contributed by atoms with Crippen LogP contribution >= 0.6 is 31.9 Å². The van der Waals surface area contributed by atoms with Gasteiger partial charge in [0.15, 0.2) is 0 Å². The molecule has 1 atom stereocenters. The third kappa shape index (κ3) is 2.78. The van der Waals surface area contributed by atoms with Crippen LogP contribution in [0.1, 0.15) is 22.7 Å². The van der Waals surface area contributed by atoms with Gasteiger partial charge in [-0.15, -0.1) is 0 Å². The van der Waals surface area contributed by atoms with E-state index in [1.807, 2.05) is 12.1 Å². The zero-order valence-corrected chi connectivity index (χ0v) is 14.8. The summed E-state index contributed by atoms with van der Waals surface area (Å²) in [6, 6.07) is 18.6. The van der Waals surface area contributed by atoms with Gasteiger partial charge in [0.2, 0.25) is 0 Å². The molecule has 21 heavy (non-hydrogen) atoms. The van der Waals surface area contributed by atoms with E-state index < -0.39 is 0 Å². The number of fused-ring (bicyclic) bond motifs is 1. The fourth-order valence-electron chi connectivity index (χ4n) is 2.67. The second-order valence-corrected chi connectivity index (χ2v) is 6.93. The van der Waals surface area contributed by atoms with Crippen molar-refractivity contribution in [1.82, 2.24) is 0 Å². The Bertz CT molecular complexity index is 811. The van der Waals surface area contributed by atoms with Crippen molar-refractivity contribution in [1.29, 1.82) is 0 Å². The molecule has 3 heteroatoms. The summed E-state index contributed by atoms with van der Waals surface area (Å²) in [5, 5.41) is 2.39. The van der Waals surface area contributed by atoms with Crippen molar-refractivity contribution in [3.05, 3.63) is 80.2 Å². The minimum Gasteiger partial charge on any atom is -0.320 e. The van der Waals surface area contributed by atoms with Crippen LogP contribution < -0.4 is 5.73 Å². The molecule has 0 spiro atoms. The first-order chi connectivity index (χ1) is 10.1. The molecule has 0 aliphatic rings. The summed E-state index contributed by atoms with van der Waals surface area (Å²) < 4.78 is 2.15. The molecule has 3 aromatic carbocycles. The van der Waals surface area contributed by atoms with E-state index in [9.17, 15) is 0 Å². The van der Waals surface area contributed by atoms with Crippen LogP contribution in [0.25, 0.3) is 10.8 Å². The summed E-state index contributed by atoms with van der Waals surface area (Å²) in [7, 11) is 0. The second kappa shape index (κ2) is 5.91. The van der Waals surface area contributed by atoms with Crippen molar-refractivity contribution in [3.8, 4) is 0 Å². The molecule has 0 saturated heterocycles. The quantitative estimate of drug-likeness (QED) is 0.580. The summed E-state index contributed by atoms with van der Waals surface area (Å²) in [5.41, 5.74) is 10.1. The van der Waals surface area contributed by atoms with E-state index >= 15 is 0 Å². The number of hydrogen-bond donors (Lipinski definition) is 1. The molecule has 1 nitrogen and oxygen atoms in total. The molecule has 2 N–H and O–H groups in total. The monoisotopic (exact) mass is 403 g/mol. The Morgan fingerprint density at radius 3 is 2.33 bits per heavy atom. The van der Waals surface area contributed by atoms with E-state index in [4.69, 9.17) is 5.73 Å². The highest BCUT2D eigenvalue weighted by atomic mass is 79.9. The highest BCUT2D eigenvalue weighted by molar-refractivity contribution is 9.11. The Labute approximate surface area is 141 Å². The normalized spacial score (nSPS) is 12.6. The number of rotatable bonds is 2. The van der Waals surface area contributed by atoms with Crippen molar-refractivity contribution in [3.63, 3.8) is 0 Å². The third-order valence-electron chi connectivity index (χ3n) is 3.82. The van der Waals surface area contributed by atoms with E-state index in [1.54, 1.807) is 0 Å². The first kappa shape index (κ1) is 14.8. The lowest BCUT2D eigenvalue weighted by atomic mass is 9.92. The zero-order valence-electron chi connectivity index (χ0n) is 11.6. The number of halogens is 2. The lowest BCUT2D eigenvalue weighted by Crippen LogP contribution is -2.13. The predicted octanol–water partition coefficient (Wildman–Crippen LogP) is 5.72. The Kier molecular flexibility index (Phi) is 4.16. The largest absolute Gasteiger partial charge is 0.320 e. The molecule has 3 aromatic rings. The molecule has 0 radical (unpaired) electrons. The van der Waals surface area contributed by atoms with Crippen LogP contribution in [0.2, 0.25) is 0 Å². The van der Waals surface area contributed by atoms with Gasteiger partial charge in [-0.1, -0.05) is 68.3 Å². The van der Waals surface area contributed by atoms with Gasteiger partial charge in [-0.05, 0) is 52.6 Å². The van der Waals surface area contributed by atoms with Gasteiger partial charge < -0.3 is 5.73 Å². The highest BCUT2D eigenvalue weighted by Crippen LogP contribution is 2.33. The first-order valence-corrected chi connectivity index (χ1v) is 8.35. The fraction of sp³-hybridized carbons (Fsp3) is 0.111. The molecule has 3 rings (SSSR count). The van der Waals surface area contributed by atoms with Crippen LogP contribution in [-0.4, -0.2) is 0 Å². The topological polar surface area (TPSA) is 26.0 Å². The number of benzene rings is 3. The van der Waals surface area contributed by atoms with Crippen LogP contribution in [0.3, 0.4) is 0 Å². The number of nitrogens with two attached hydrogens (primary N) is 1. The molecule has 1 unspecified atom stereocenters. The summed E-state index contributed by atoms with van der Waals surface area (Å²) in [4.78, 5) is 0. The fourth-order valence-corrected chi connectivity index (χ4v) is 3.53. The second-order valence-electron chi connectivity index (χ2n) is 5.16. The van der Waals surface area contributed by atoms with Crippen molar-refractivity contribution < 1.29 is 0 Å². The maximum Gasteiger partial charge on any atom is 0.0560 e. The van der Waals surface area contributed by atoms with E-state index in [-0.39, 0.29) is 6.04 Å². The third-order valence-corrected chi connectivity index (χ3v) is 5.00. The van der Waals surface area contributed by atoms with E-state index in [1.165, 1.54) is 16.3 Å². The predicted molar refractivity (Wildman–Crippen MR) is 96.6 cm³/mol. The minimum atomic E-state index is -0.138. The Morgan fingerprint density at radius 1 is 0.857 bits per heavy atom. The van der Waals surface area contributed by atoms with Crippen LogP contribution in [0, 0.1) is 6.92 Å². The van der Waals surface area contributed by atoms with Crippen LogP contribution in [0.15, 0.2) is 63.5 Å². The van der Waals surface area contributed by atoms with Crippen LogP contribution in [0.4, 0.5) is 0 Å². The summed E-state index contributed by atoms with van der Waals surface area (Å²) in [6.07, 6.45) is 0. The number of aryl methyl sites for hydroxylation is 1. The number of hydrogen-bond acceptors (Lipinski definition) is 1. The Morgan fingerprint density at radius 2 is 1.57 bits per heavy atom. The van der Waals surface area contributed by atoms with Gasteiger partial charge in [-0.3, -0.25) is 0 Å². The molecule has 0 aliphatic carbocycles. The standard InChI is InChI=1S/C18H15Br2N/c1-11-6-7-12(19)10-16(11)18(21)15-8-9-17(20)14-5-3-2-4-13(14)15/h2-10,18H,21H2,1H3. The average Bonchev–Trinajstić information content (AvgIpc) is 2.50. The molecule has 0 heterocycles. The van der Waals surface area contributed by atoms with Crippen LogP contribution in [-0.2, 0) is 0 Å². The smallest absolute Gasteiger partial charge is 0.0560 e. The molecule has 0 bridgehead atoms. The van der Waals surface area contributed by atoms with Crippen molar-refractivity contribution in [2.75, 3.05) is 0 Å². The van der Waals surface area contributed by atoms with Crippen LogP contribution in [0.5, 0.6) is 0 Å². The average molecular weight is 405 g/mol. The van der Waals surface area contributed by atoms with E-state index in [2.05, 4.69) is 81.2 Å². The first-order valence-electron chi connectivity index (χ1n) is 6.76. The van der Waals surface area contributed by atoms with E-state index in [0.29, 0.717) is 0 Å². The van der Waals surface area contributed by atoms with Gasteiger partial charge in [0.05, 0.1) is 6.04 Å². The van der Waals surface area contributed by atoms with Crippen molar-refractivity contribution in [2.24, 2.45) is 5.73 Å². The Balaban J connectivity index is 2.20. The summed E-state index contributed by atoms with van der Waals surface area (Å²) in [5.74, 6) is 0. The molecule has 0 amide bonds. The molecule has 0 fully saturated rings. The summed E-state index contributed by atoms with van der Waals surface area (Å²) in [6.45, 7) is 2.10. The summed E-state index contributed by atoms with van der Waals surface area (Å²) >= 11 is 7.15. The van der Waals surface area contributed by atoms with Crippen molar-refractivity contribution >= 4 is 42.6 Å². The SMILES string of the molecule is Cc1ccc(Br)cc1C(N)c1ccc(Br)c2ccccc12. The molecular weight excluding hydrogens is 390 g/mol. The molecule has 0 saturated carbocycles. The molecular formula is C18H15Br2N. The van der Waals surface area contributed by atoms with Gasteiger partial charge >= 0.3 is 0 Å². The molecule has 106 valence electrons. The molecule has 0 aromatic heterocycles. The minimum absolute atomic E-state index is 0.138. The van der Waals surface area contributed by atoms with Gasteiger partial charge in [0.1, 0.15) is 0 Å². The highest BCUT2D eigenvalue weighted by Gasteiger charge is 2.15. The van der Waals surface area contributed by atoms with Gasteiger partial charge in [0.25, 0.3) is 0 Å². The zero-order chi connectivity index (χ0) is 15.0. The van der Waals surface area contributed by atoms with Crippen molar-refractivity contribution in [2.45, 2.75) is 13.0 Å². The van der Waals surface area contributed by atoms with Gasteiger partial charge in [0, 0.05) is 8.95 Å². The van der Waals surface area contributed by atoms with Gasteiger partial charge in [-0.25, -0.2) is 0 Å². The van der Waals surface area contributed by atoms with E-state index in [0.717, 1.165) is 20.1 Å².